The number of fused-ring (bicyclic) bond motifs is 1. The molecule has 0 spiro atoms. The summed E-state index contributed by atoms with van der Waals surface area (Å²) in [6, 6.07) is 6.15. The van der Waals surface area contributed by atoms with Gasteiger partial charge in [0.2, 0.25) is 6.30 Å². The molecule has 5 N–H and O–H groups in total. The van der Waals surface area contributed by atoms with Crippen LogP contribution in [0, 0.1) is 0 Å². The summed E-state index contributed by atoms with van der Waals surface area (Å²) >= 11 is 0. The third kappa shape index (κ3) is 5.86. The van der Waals surface area contributed by atoms with Gasteiger partial charge in [-0.3, -0.25) is 20.4 Å². The number of nitrogens with two attached hydrogens (primary N) is 1. The van der Waals surface area contributed by atoms with Crippen LogP contribution in [0.5, 0.6) is 0 Å². The second-order valence-electron chi connectivity index (χ2n) is 7.68. The van der Waals surface area contributed by atoms with Gasteiger partial charge in [0.25, 0.3) is 18.2 Å². The number of aromatic nitrogens is 1. The highest BCUT2D eigenvalue weighted by molar-refractivity contribution is 6.03. The normalized spacial score (nSPS) is 15.9. The number of hydrogen-bond donors (Lipinski definition) is 4. The summed E-state index contributed by atoms with van der Waals surface area (Å²) in [6.07, 6.45) is -5.66. The highest BCUT2D eigenvalue weighted by Gasteiger charge is 2.29. The molecule has 0 radical (unpaired) electrons. The highest BCUT2D eigenvalue weighted by Crippen LogP contribution is 2.33. The number of nitrogens with zero attached hydrogens (tertiary/aromatic N) is 2. The van der Waals surface area contributed by atoms with E-state index in [1.165, 1.54) is 12.1 Å². The molecule has 0 aliphatic carbocycles. The van der Waals surface area contributed by atoms with Crippen LogP contribution in [0.15, 0.2) is 24.3 Å². The van der Waals surface area contributed by atoms with Crippen molar-refractivity contribution in [1.82, 2.24) is 20.3 Å². The summed E-state index contributed by atoms with van der Waals surface area (Å²) in [4.78, 5) is 37.0. The summed E-state index contributed by atoms with van der Waals surface area (Å²) in [5, 5.41) is 3.74. The number of primary amides is 1. The standard InChI is InChI=1S/C20H25F3N6O4/c1-28-7-5-11(6-8-28)25-13-3-2-4-14-12(13)9-15(29(14)18(23)17(21)22)19(31)27-26-16(30)10-33-20(24)32/h2-4,9,11,17-18,25H,5-8,10H2,1H3,(H2,24,32)(H,26,30)(H,27,31). The second kappa shape index (κ2) is 10.4. The van der Waals surface area contributed by atoms with Gasteiger partial charge in [-0.2, -0.15) is 0 Å². The van der Waals surface area contributed by atoms with E-state index in [1.54, 1.807) is 12.1 Å². The van der Waals surface area contributed by atoms with Crippen LogP contribution in [0.2, 0.25) is 0 Å². The van der Waals surface area contributed by atoms with Crippen molar-refractivity contribution in [3.05, 3.63) is 30.0 Å². The molecule has 13 heteroatoms. The minimum atomic E-state index is -3.39. The van der Waals surface area contributed by atoms with Crippen molar-refractivity contribution < 1.29 is 32.3 Å². The highest BCUT2D eigenvalue weighted by atomic mass is 19.3. The lowest BCUT2D eigenvalue weighted by Crippen LogP contribution is -2.44. The largest absolute Gasteiger partial charge is 0.440 e. The maximum atomic E-state index is 14.5. The molecule has 1 aromatic heterocycles. The Labute approximate surface area is 187 Å². The van der Waals surface area contributed by atoms with Gasteiger partial charge in [0.15, 0.2) is 6.61 Å². The third-order valence-corrected chi connectivity index (χ3v) is 5.31. The number of rotatable bonds is 7. The van der Waals surface area contributed by atoms with Gasteiger partial charge in [-0.1, -0.05) is 6.07 Å². The first-order valence-corrected chi connectivity index (χ1v) is 10.2. The Bertz CT molecular complexity index is 1020. The molecule has 1 saturated heterocycles. The minimum Gasteiger partial charge on any atom is -0.440 e. The Morgan fingerprint density at radius 1 is 1.18 bits per heavy atom. The molecule has 1 fully saturated rings. The van der Waals surface area contributed by atoms with E-state index in [1.807, 2.05) is 17.9 Å². The van der Waals surface area contributed by atoms with Crippen LogP contribution in [0.1, 0.15) is 29.6 Å². The Morgan fingerprint density at radius 2 is 1.88 bits per heavy atom. The van der Waals surface area contributed by atoms with Gasteiger partial charge >= 0.3 is 6.09 Å². The van der Waals surface area contributed by atoms with Crippen molar-refractivity contribution in [2.45, 2.75) is 31.6 Å². The average molecular weight is 470 g/mol. The molecule has 3 amide bonds. The molecule has 2 aromatic rings. The monoisotopic (exact) mass is 470 g/mol. The number of carbonyl (C=O) groups is 3. The zero-order chi connectivity index (χ0) is 24.1. The number of piperidine rings is 1. The van der Waals surface area contributed by atoms with Crippen molar-refractivity contribution in [2.24, 2.45) is 5.73 Å². The van der Waals surface area contributed by atoms with E-state index >= 15 is 0 Å². The number of benzene rings is 1. The maximum absolute atomic E-state index is 14.5. The molecule has 0 bridgehead atoms. The quantitative estimate of drug-likeness (QED) is 0.456. The molecule has 1 unspecified atom stereocenters. The average Bonchev–Trinajstić information content (AvgIpc) is 3.17. The van der Waals surface area contributed by atoms with Gasteiger partial charge in [-0.05, 0) is 51.2 Å². The summed E-state index contributed by atoms with van der Waals surface area (Å²) < 4.78 is 46.0. The summed E-state index contributed by atoms with van der Waals surface area (Å²) in [7, 11) is 2.02. The fourth-order valence-corrected chi connectivity index (χ4v) is 3.67. The van der Waals surface area contributed by atoms with Crippen molar-refractivity contribution >= 4 is 34.5 Å². The first-order valence-electron chi connectivity index (χ1n) is 10.2. The van der Waals surface area contributed by atoms with Crippen LogP contribution < -0.4 is 21.9 Å². The van der Waals surface area contributed by atoms with E-state index in [9.17, 15) is 27.6 Å². The van der Waals surface area contributed by atoms with Gasteiger partial charge in [0.1, 0.15) is 5.69 Å². The number of likely N-dealkylation sites (tertiary alicyclic amines) is 1. The molecule has 1 atom stereocenters. The van der Waals surface area contributed by atoms with Gasteiger partial charge < -0.3 is 25.3 Å². The van der Waals surface area contributed by atoms with Gasteiger partial charge in [0, 0.05) is 17.1 Å². The van der Waals surface area contributed by atoms with Crippen LogP contribution in [-0.2, 0) is 9.53 Å². The predicted molar refractivity (Wildman–Crippen MR) is 113 cm³/mol. The topological polar surface area (TPSA) is 131 Å². The number of nitrogens with one attached hydrogen (secondary N) is 3. The lowest BCUT2D eigenvalue weighted by atomic mass is 10.0. The molecule has 1 aliphatic rings. The predicted octanol–water partition coefficient (Wildman–Crippen LogP) is 1.74. The maximum Gasteiger partial charge on any atom is 0.405 e. The minimum absolute atomic E-state index is 0.0919. The van der Waals surface area contributed by atoms with E-state index in [-0.39, 0.29) is 11.6 Å². The Morgan fingerprint density at radius 3 is 2.52 bits per heavy atom. The molecule has 180 valence electrons. The summed E-state index contributed by atoms with van der Waals surface area (Å²) in [5.41, 5.74) is 8.93. The smallest absolute Gasteiger partial charge is 0.405 e. The Hall–Kier alpha value is -3.48. The van der Waals surface area contributed by atoms with Crippen molar-refractivity contribution in [2.75, 3.05) is 32.1 Å². The molecule has 0 saturated carbocycles. The SMILES string of the molecule is CN1CCC(Nc2cccc3c2cc(C(=O)NNC(=O)COC(N)=O)n3C(F)C(F)F)CC1. The van der Waals surface area contributed by atoms with E-state index in [0.717, 1.165) is 25.9 Å². The van der Waals surface area contributed by atoms with Gasteiger partial charge in [-0.15, -0.1) is 0 Å². The van der Waals surface area contributed by atoms with Crippen LogP contribution in [-0.4, -0.2) is 66.6 Å². The number of hydrogen-bond acceptors (Lipinski definition) is 6. The molecular weight excluding hydrogens is 445 g/mol. The molecule has 10 nitrogen and oxygen atoms in total. The number of hydrazine groups is 1. The Balaban J connectivity index is 1.87. The third-order valence-electron chi connectivity index (χ3n) is 5.31. The van der Waals surface area contributed by atoms with E-state index in [0.29, 0.717) is 15.6 Å². The van der Waals surface area contributed by atoms with Crippen molar-refractivity contribution in [3.8, 4) is 0 Å². The summed E-state index contributed by atoms with van der Waals surface area (Å²) in [6.45, 7) is 1.00. The van der Waals surface area contributed by atoms with E-state index in [4.69, 9.17) is 5.73 Å². The number of amides is 3. The molecule has 3 rings (SSSR count). The number of halogens is 3. The second-order valence-corrected chi connectivity index (χ2v) is 7.68. The summed E-state index contributed by atoms with van der Waals surface area (Å²) in [5.74, 6) is -1.97. The molecule has 1 aromatic carbocycles. The van der Waals surface area contributed by atoms with Crippen molar-refractivity contribution in [1.29, 1.82) is 0 Å². The first kappa shape index (κ1) is 24.2. The Kier molecular flexibility index (Phi) is 7.63. The van der Waals surface area contributed by atoms with E-state index in [2.05, 4.69) is 15.0 Å². The number of ether oxygens (including phenoxy) is 1. The van der Waals surface area contributed by atoms with Crippen LogP contribution >= 0.6 is 0 Å². The first-order chi connectivity index (χ1) is 15.7. The molecule has 1 aliphatic heterocycles. The number of anilines is 1. The molecular formula is C20H25F3N6O4. The molecule has 2 heterocycles. The van der Waals surface area contributed by atoms with Crippen LogP contribution in [0.25, 0.3) is 10.9 Å². The van der Waals surface area contributed by atoms with Crippen LogP contribution in [0.3, 0.4) is 0 Å². The number of alkyl halides is 3. The lowest BCUT2D eigenvalue weighted by Gasteiger charge is -2.30. The molecule has 33 heavy (non-hydrogen) atoms. The number of carbonyl (C=O) groups excluding carboxylic acids is 3. The van der Waals surface area contributed by atoms with Gasteiger partial charge in [0.05, 0.1) is 5.52 Å². The zero-order valence-corrected chi connectivity index (χ0v) is 17.8. The fourth-order valence-electron chi connectivity index (χ4n) is 3.67. The van der Waals surface area contributed by atoms with Crippen LogP contribution in [0.4, 0.5) is 23.7 Å². The van der Waals surface area contributed by atoms with Crippen molar-refractivity contribution in [3.63, 3.8) is 0 Å². The zero-order valence-electron chi connectivity index (χ0n) is 17.8. The van der Waals surface area contributed by atoms with Gasteiger partial charge in [-0.25, -0.2) is 18.0 Å². The fraction of sp³-hybridized carbons (Fsp3) is 0.450. The van der Waals surface area contributed by atoms with E-state index < -0.39 is 42.9 Å². The lowest BCUT2D eigenvalue weighted by molar-refractivity contribution is -0.124.